The number of rotatable bonds is 4. The van der Waals surface area contributed by atoms with E-state index in [0.717, 1.165) is 12.8 Å². The van der Waals surface area contributed by atoms with Crippen LogP contribution in [0, 0.1) is 5.82 Å². The van der Waals surface area contributed by atoms with Crippen molar-refractivity contribution in [2.24, 2.45) is 0 Å². The molecule has 3 nitrogen and oxygen atoms in total. The Morgan fingerprint density at radius 2 is 2.00 bits per heavy atom. The summed E-state index contributed by atoms with van der Waals surface area (Å²) in [6.45, 7) is 0. The molecule has 0 aliphatic heterocycles. The summed E-state index contributed by atoms with van der Waals surface area (Å²) in [4.78, 5) is -0.198. The Balaban J connectivity index is 1.89. The molecule has 2 fully saturated rings. The monoisotopic (exact) mass is 270 g/mol. The SMILES string of the molecule is O=S(=O)(c1ccc(CC2(O)CC2)cc1F)C1CC1. The molecule has 0 atom stereocenters. The second-order valence-electron chi connectivity index (χ2n) is 5.41. The minimum Gasteiger partial charge on any atom is -0.390 e. The van der Waals surface area contributed by atoms with E-state index in [2.05, 4.69) is 0 Å². The van der Waals surface area contributed by atoms with Gasteiger partial charge in [0.15, 0.2) is 9.84 Å². The van der Waals surface area contributed by atoms with Gasteiger partial charge in [0.1, 0.15) is 10.7 Å². The first-order chi connectivity index (χ1) is 8.41. The molecule has 0 bridgehead atoms. The van der Waals surface area contributed by atoms with Gasteiger partial charge in [0.05, 0.1) is 10.9 Å². The molecule has 1 aromatic carbocycles. The van der Waals surface area contributed by atoms with E-state index in [1.54, 1.807) is 6.07 Å². The molecule has 2 saturated carbocycles. The van der Waals surface area contributed by atoms with Crippen LogP contribution < -0.4 is 0 Å². The van der Waals surface area contributed by atoms with Crippen LogP contribution in [0.4, 0.5) is 4.39 Å². The maximum absolute atomic E-state index is 13.9. The topological polar surface area (TPSA) is 54.4 Å². The summed E-state index contributed by atoms with van der Waals surface area (Å²) in [6, 6.07) is 4.18. The average Bonchev–Trinajstić information content (AvgIpc) is 3.12. The van der Waals surface area contributed by atoms with Crippen LogP contribution >= 0.6 is 0 Å². The van der Waals surface area contributed by atoms with Crippen LogP contribution in [-0.4, -0.2) is 24.4 Å². The molecule has 0 aromatic heterocycles. The number of aliphatic hydroxyl groups is 1. The molecule has 3 rings (SSSR count). The summed E-state index contributed by atoms with van der Waals surface area (Å²) in [5, 5.41) is 9.36. The van der Waals surface area contributed by atoms with Crippen molar-refractivity contribution in [2.75, 3.05) is 0 Å². The smallest absolute Gasteiger partial charge is 0.184 e. The first-order valence-electron chi connectivity index (χ1n) is 6.15. The van der Waals surface area contributed by atoms with Crippen molar-refractivity contribution in [1.82, 2.24) is 0 Å². The van der Waals surface area contributed by atoms with E-state index in [4.69, 9.17) is 0 Å². The minimum absolute atomic E-state index is 0.198. The van der Waals surface area contributed by atoms with Gasteiger partial charge >= 0.3 is 0 Å². The molecule has 0 amide bonds. The Bertz CT molecular complexity index is 586. The summed E-state index contributed by atoms with van der Waals surface area (Å²) in [7, 11) is -3.48. The predicted octanol–water partition coefficient (Wildman–Crippen LogP) is 1.83. The Morgan fingerprint density at radius 3 is 2.50 bits per heavy atom. The molecule has 0 spiro atoms. The van der Waals surface area contributed by atoms with Gasteiger partial charge in [0.2, 0.25) is 0 Å². The average molecular weight is 270 g/mol. The lowest BCUT2D eigenvalue weighted by Crippen LogP contribution is -2.13. The van der Waals surface area contributed by atoms with Crippen LogP contribution in [0.15, 0.2) is 23.1 Å². The van der Waals surface area contributed by atoms with Gasteiger partial charge in [-0.3, -0.25) is 0 Å². The number of benzene rings is 1. The van der Waals surface area contributed by atoms with Crippen LogP contribution in [0.3, 0.4) is 0 Å². The summed E-state index contributed by atoms with van der Waals surface area (Å²) in [5.74, 6) is -0.691. The number of sulfone groups is 1. The third-order valence-corrected chi connectivity index (χ3v) is 5.92. The Hall–Kier alpha value is -0.940. The molecular weight excluding hydrogens is 255 g/mol. The van der Waals surface area contributed by atoms with Crippen molar-refractivity contribution in [2.45, 2.75) is 47.9 Å². The summed E-state index contributed by atoms with van der Waals surface area (Å²) in [6.07, 6.45) is 3.12. The maximum Gasteiger partial charge on any atom is 0.184 e. The molecule has 1 aromatic rings. The van der Waals surface area contributed by atoms with Crippen molar-refractivity contribution in [3.63, 3.8) is 0 Å². The van der Waals surface area contributed by atoms with Gasteiger partial charge in [-0.2, -0.15) is 0 Å². The zero-order valence-corrected chi connectivity index (χ0v) is 10.7. The molecule has 0 saturated heterocycles. The fraction of sp³-hybridized carbons (Fsp3) is 0.538. The van der Waals surface area contributed by atoms with E-state index >= 15 is 0 Å². The third kappa shape index (κ3) is 2.17. The van der Waals surface area contributed by atoms with Crippen LogP contribution in [-0.2, 0) is 16.3 Å². The summed E-state index contributed by atoms with van der Waals surface area (Å²) >= 11 is 0. The third-order valence-electron chi connectivity index (χ3n) is 3.63. The molecule has 0 unspecified atom stereocenters. The molecule has 0 heterocycles. The van der Waals surface area contributed by atoms with E-state index in [0.29, 0.717) is 24.8 Å². The maximum atomic E-state index is 13.9. The molecule has 18 heavy (non-hydrogen) atoms. The van der Waals surface area contributed by atoms with Gasteiger partial charge < -0.3 is 5.11 Å². The summed E-state index contributed by atoms with van der Waals surface area (Å²) in [5.41, 5.74) is -0.0363. The van der Waals surface area contributed by atoms with E-state index in [1.807, 2.05) is 0 Å². The Morgan fingerprint density at radius 1 is 1.33 bits per heavy atom. The van der Waals surface area contributed by atoms with Gasteiger partial charge in [0, 0.05) is 6.42 Å². The van der Waals surface area contributed by atoms with E-state index in [9.17, 15) is 17.9 Å². The van der Waals surface area contributed by atoms with Crippen LogP contribution in [0.1, 0.15) is 31.2 Å². The standard InChI is InChI=1S/C13H15FO3S/c14-11-7-9(8-13(15)5-6-13)1-4-12(11)18(16,17)10-2-3-10/h1,4,7,10,15H,2-3,5-6,8H2. The molecule has 5 heteroatoms. The van der Waals surface area contributed by atoms with Gasteiger partial charge in [0.25, 0.3) is 0 Å². The second kappa shape index (κ2) is 3.78. The number of halogens is 1. The first kappa shape index (κ1) is 12.1. The largest absolute Gasteiger partial charge is 0.390 e. The molecule has 0 radical (unpaired) electrons. The first-order valence-corrected chi connectivity index (χ1v) is 7.70. The lowest BCUT2D eigenvalue weighted by atomic mass is 10.1. The molecule has 2 aliphatic carbocycles. The highest BCUT2D eigenvalue weighted by molar-refractivity contribution is 7.92. The minimum atomic E-state index is -3.48. The second-order valence-corrected chi connectivity index (χ2v) is 7.61. The van der Waals surface area contributed by atoms with Crippen molar-refractivity contribution < 1.29 is 17.9 Å². The zero-order valence-electron chi connectivity index (χ0n) is 9.89. The van der Waals surface area contributed by atoms with E-state index < -0.39 is 26.5 Å². The predicted molar refractivity (Wildman–Crippen MR) is 64.5 cm³/mol. The van der Waals surface area contributed by atoms with E-state index in [-0.39, 0.29) is 4.90 Å². The molecular formula is C13H15FO3S. The number of hydrogen-bond acceptors (Lipinski definition) is 3. The van der Waals surface area contributed by atoms with Crippen molar-refractivity contribution >= 4 is 9.84 Å². The number of hydrogen-bond donors (Lipinski definition) is 1. The van der Waals surface area contributed by atoms with Gasteiger partial charge in [-0.1, -0.05) is 6.07 Å². The van der Waals surface area contributed by atoms with E-state index in [1.165, 1.54) is 12.1 Å². The van der Waals surface area contributed by atoms with Crippen LogP contribution in [0.25, 0.3) is 0 Å². The zero-order chi connectivity index (χ0) is 13.0. The molecule has 2 aliphatic rings. The Kier molecular flexibility index (Phi) is 2.54. The fourth-order valence-electron chi connectivity index (χ4n) is 2.14. The van der Waals surface area contributed by atoms with Gasteiger partial charge in [-0.15, -0.1) is 0 Å². The quantitative estimate of drug-likeness (QED) is 0.908. The lowest BCUT2D eigenvalue weighted by molar-refractivity contribution is 0.151. The van der Waals surface area contributed by atoms with Crippen LogP contribution in [0.2, 0.25) is 0 Å². The summed E-state index contributed by atoms with van der Waals surface area (Å²) < 4.78 is 37.7. The fourth-order valence-corrected chi connectivity index (χ4v) is 3.85. The van der Waals surface area contributed by atoms with Crippen molar-refractivity contribution in [3.05, 3.63) is 29.6 Å². The highest BCUT2D eigenvalue weighted by Crippen LogP contribution is 2.39. The van der Waals surface area contributed by atoms with Crippen molar-refractivity contribution in [3.8, 4) is 0 Å². The molecule has 1 N–H and O–H groups in total. The van der Waals surface area contributed by atoms with Crippen molar-refractivity contribution in [1.29, 1.82) is 0 Å². The van der Waals surface area contributed by atoms with Gasteiger partial charge in [-0.05, 0) is 43.4 Å². The normalized spacial score (nSPS) is 21.9. The Labute approximate surface area is 106 Å². The highest BCUT2D eigenvalue weighted by Gasteiger charge is 2.41. The van der Waals surface area contributed by atoms with Gasteiger partial charge in [-0.25, -0.2) is 12.8 Å². The molecule has 98 valence electrons. The van der Waals surface area contributed by atoms with Crippen LogP contribution in [0.5, 0.6) is 0 Å². The highest BCUT2D eigenvalue weighted by atomic mass is 32.2. The lowest BCUT2D eigenvalue weighted by Gasteiger charge is -2.09.